The highest BCUT2D eigenvalue weighted by Gasteiger charge is 2.14. The first-order valence-corrected chi connectivity index (χ1v) is 8.76. The zero-order chi connectivity index (χ0) is 20.2. The Labute approximate surface area is 166 Å². The summed E-state index contributed by atoms with van der Waals surface area (Å²) >= 11 is 0. The van der Waals surface area contributed by atoms with Crippen LogP contribution in [0.3, 0.4) is 0 Å². The number of carbonyl (C=O) groups excluding carboxylic acids is 1. The van der Waals surface area contributed by atoms with Crippen LogP contribution in [0.2, 0.25) is 0 Å². The summed E-state index contributed by atoms with van der Waals surface area (Å²) in [6.07, 6.45) is 1.65. The Morgan fingerprint density at radius 2 is 1.86 bits per heavy atom. The summed E-state index contributed by atoms with van der Waals surface area (Å²) in [5.41, 5.74) is 2.87. The predicted octanol–water partition coefficient (Wildman–Crippen LogP) is 3.82. The van der Waals surface area contributed by atoms with Crippen molar-refractivity contribution >= 4 is 22.8 Å². The van der Waals surface area contributed by atoms with E-state index in [2.05, 4.69) is 26.3 Å². The Morgan fingerprint density at radius 3 is 2.62 bits per heavy atom. The van der Waals surface area contributed by atoms with Crippen LogP contribution in [0.15, 0.2) is 66.9 Å². The maximum absolute atomic E-state index is 12.6. The van der Waals surface area contributed by atoms with Gasteiger partial charge in [-0.1, -0.05) is 12.1 Å². The standard InChI is InChI=1S/C22H15N5O2/c1-29-22-17(15-6-4-14(13-23)5-7-15)9-10-18(25-22)21(28)27-19-11-8-16-3-2-12-24-20(16)26-19/h2-12H,1H3,(H,24,26,27,28). The Balaban J connectivity index is 1.60. The number of hydrogen-bond donors (Lipinski definition) is 1. The number of aromatic nitrogens is 3. The molecule has 0 atom stereocenters. The van der Waals surface area contributed by atoms with Crippen LogP contribution in [-0.2, 0) is 0 Å². The lowest BCUT2D eigenvalue weighted by Crippen LogP contribution is -2.15. The highest BCUT2D eigenvalue weighted by molar-refractivity contribution is 6.03. The number of anilines is 1. The molecular weight excluding hydrogens is 366 g/mol. The van der Waals surface area contributed by atoms with E-state index < -0.39 is 5.91 Å². The van der Waals surface area contributed by atoms with Crippen LogP contribution < -0.4 is 10.1 Å². The summed E-state index contributed by atoms with van der Waals surface area (Å²) in [4.78, 5) is 25.5. The summed E-state index contributed by atoms with van der Waals surface area (Å²) < 4.78 is 5.37. The van der Waals surface area contributed by atoms with E-state index in [4.69, 9.17) is 10.00 Å². The minimum atomic E-state index is -0.405. The molecule has 0 unspecified atom stereocenters. The van der Waals surface area contributed by atoms with Crippen LogP contribution in [0.25, 0.3) is 22.2 Å². The molecule has 0 aliphatic rings. The van der Waals surface area contributed by atoms with Gasteiger partial charge in [0, 0.05) is 17.1 Å². The number of methoxy groups -OCH3 is 1. The lowest BCUT2D eigenvalue weighted by atomic mass is 10.0. The maximum Gasteiger partial charge on any atom is 0.275 e. The molecule has 0 spiro atoms. The van der Waals surface area contributed by atoms with Gasteiger partial charge in [0.2, 0.25) is 5.88 Å². The van der Waals surface area contributed by atoms with E-state index in [1.807, 2.05) is 30.3 Å². The topological polar surface area (TPSA) is 101 Å². The van der Waals surface area contributed by atoms with Gasteiger partial charge in [-0.2, -0.15) is 5.26 Å². The minimum Gasteiger partial charge on any atom is -0.481 e. The fourth-order valence-electron chi connectivity index (χ4n) is 2.87. The fraction of sp³-hybridized carbons (Fsp3) is 0.0455. The summed E-state index contributed by atoms with van der Waals surface area (Å²) in [6.45, 7) is 0. The van der Waals surface area contributed by atoms with E-state index in [0.717, 1.165) is 16.5 Å². The van der Waals surface area contributed by atoms with E-state index in [-0.39, 0.29) is 5.69 Å². The van der Waals surface area contributed by atoms with Crippen LogP contribution in [0.1, 0.15) is 16.1 Å². The lowest BCUT2D eigenvalue weighted by molar-refractivity contribution is 0.102. The number of hydrogen-bond acceptors (Lipinski definition) is 6. The van der Waals surface area contributed by atoms with Crippen molar-refractivity contribution in [2.24, 2.45) is 0 Å². The van der Waals surface area contributed by atoms with E-state index in [1.165, 1.54) is 7.11 Å². The Kier molecular flexibility index (Phi) is 4.82. The van der Waals surface area contributed by atoms with E-state index in [0.29, 0.717) is 22.9 Å². The minimum absolute atomic E-state index is 0.196. The second-order valence-electron chi connectivity index (χ2n) is 6.14. The SMILES string of the molecule is COc1nc(C(=O)Nc2ccc3cccnc3n2)ccc1-c1ccc(C#N)cc1. The Bertz CT molecular complexity index is 1250. The maximum atomic E-state index is 12.6. The molecule has 3 heterocycles. The van der Waals surface area contributed by atoms with Crippen LogP contribution in [0.5, 0.6) is 5.88 Å². The zero-order valence-electron chi connectivity index (χ0n) is 15.5. The number of nitrogens with zero attached hydrogens (tertiary/aromatic N) is 4. The first kappa shape index (κ1) is 18.1. The molecule has 29 heavy (non-hydrogen) atoms. The van der Waals surface area contributed by atoms with Gasteiger partial charge in [0.15, 0.2) is 5.65 Å². The normalized spacial score (nSPS) is 10.3. The molecule has 7 heteroatoms. The molecule has 0 aliphatic heterocycles. The predicted molar refractivity (Wildman–Crippen MR) is 108 cm³/mol. The van der Waals surface area contributed by atoms with Gasteiger partial charge in [0.1, 0.15) is 11.5 Å². The summed E-state index contributed by atoms with van der Waals surface area (Å²) in [7, 11) is 1.49. The van der Waals surface area contributed by atoms with Gasteiger partial charge in [0.05, 0.1) is 18.7 Å². The third kappa shape index (κ3) is 3.73. The molecule has 0 aliphatic carbocycles. The summed E-state index contributed by atoms with van der Waals surface area (Å²) in [6, 6.07) is 19.8. The van der Waals surface area contributed by atoms with Crippen molar-refractivity contribution in [1.29, 1.82) is 5.26 Å². The molecule has 3 aromatic heterocycles. The van der Waals surface area contributed by atoms with Crippen molar-refractivity contribution in [2.75, 3.05) is 12.4 Å². The molecule has 0 saturated carbocycles. The van der Waals surface area contributed by atoms with Gasteiger partial charge in [-0.05, 0) is 54.1 Å². The third-order valence-electron chi connectivity index (χ3n) is 4.32. The van der Waals surface area contributed by atoms with Crippen molar-refractivity contribution in [3.05, 3.63) is 78.1 Å². The number of benzene rings is 1. The van der Waals surface area contributed by atoms with Gasteiger partial charge in [-0.3, -0.25) is 4.79 Å². The molecule has 7 nitrogen and oxygen atoms in total. The molecular formula is C22H15N5O2. The molecule has 0 radical (unpaired) electrons. The number of nitrogens with one attached hydrogen (secondary N) is 1. The van der Waals surface area contributed by atoms with Crippen molar-refractivity contribution in [3.63, 3.8) is 0 Å². The Hall–Kier alpha value is -4.31. The van der Waals surface area contributed by atoms with Crippen molar-refractivity contribution in [1.82, 2.24) is 15.0 Å². The molecule has 4 rings (SSSR count). The second kappa shape index (κ2) is 7.74. The van der Waals surface area contributed by atoms with Crippen molar-refractivity contribution < 1.29 is 9.53 Å². The molecule has 1 N–H and O–H groups in total. The molecule has 0 saturated heterocycles. The van der Waals surface area contributed by atoms with Crippen molar-refractivity contribution in [2.45, 2.75) is 0 Å². The Morgan fingerprint density at radius 1 is 1.03 bits per heavy atom. The molecule has 4 aromatic rings. The third-order valence-corrected chi connectivity index (χ3v) is 4.32. The molecule has 140 valence electrons. The number of pyridine rings is 3. The largest absolute Gasteiger partial charge is 0.481 e. The number of carbonyl (C=O) groups is 1. The zero-order valence-corrected chi connectivity index (χ0v) is 15.5. The van der Waals surface area contributed by atoms with Gasteiger partial charge in [0.25, 0.3) is 5.91 Å². The number of nitriles is 1. The van der Waals surface area contributed by atoms with Gasteiger partial charge >= 0.3 is 0 Å². The molecule has 1 amide bonds. The first-order valence-electron chi connectivity index (χ1n) is 8.76. The monoisotopic (exact) mass is 381 g/mol. The number of ether oxygens (including phenoxy) is 1. The van der Waals surface area contributed by atoms with Gasteiger partial charge in [-0.15, -0.1) is 0 Å². The molecule has 0 fully saturated rings. The fourth-order valence-corrected chi connectivity index (χ4v) is 2.87. The van der Waals surface area contributed by atoms with Gasteiger partial charge < -0.3 is 10.1 Å². The number of rotatable bonds is 4. The van der Waals surface area contributed by atoms with Crippen molar-refractivity contribution in [3.8, 4) is 23.1 Å². The van der Waals surface area contributed by atoms with Crippen LogP contribution in [-0.4, -0.2) is 28.0 Å². The van der Waals surface area contributed by atoms with Crippen LogP contribution in [0.4, 0.5) is 5.82 Å². The first-order chi connectivity index (χ1) is 14.2. The average Bonchev–Trinajstić information content (AvgIpc) is 2.78. The second-order valence-corrected chi connectivity index (χ2v) is 6.14. The van der Waals surface area contributed by atoms with E-state index >= 15 is 0 Å². The molecule has 1 aromatic carbocycles. The average molecular weight is 381 g/mol. The van der Waals surface area contributed by atoms with Gasteiger partial charge in [-0.25, -0.2) is 15.0 Å². The lowest BCUT2D eigenvalue weighted by Gasteiger charge is -2.10. The van der Waals surface area contributed by atoms with E-state index in [1.54, 1.807) is 36.5 Å². The number of amides is 1. The van der Waals surface area contributed by atoms with Crippen LogP contribution in [0, 0.1) is 11.3 Å². The number of fused-ring (bicyclic) bond motifs is 1. The highest BCUT2D eigenvalue weighted by atomic mass is 16.5. The quantitative estimate of drug-likeness (QED) is 0.577. The van der Waals surface area contributed by atoms with E-state index in [9.17, 15) is 4.79 Å². The molecule has 0 bridgehead atoms. The highest BCUT2D eigenvalue weighted by Crippen LogP contribution is 2.28. The summed E-state index contributed by atoms with van der Waals surface area (Å²) in [5.74, 6) is 0.297. The smallest absolute Gasteiger partial charge is 0.275 e. The summed E-state index contributed by atoms with van der Waals surface area (Å²) in [5, 5.41) is 12.6. The van der Waals surface area contributed by atoms with Crippen LogP contribution >= 0.6 is 0 Å².